The van der Waals surface area contributed by atoms with Crippen molar-refractivity contribution < 1.29 is 13.2 Å². The molecule has 0 radical (unpaired) electrons. The molecule has 4 rings (SSSR count). The molecule has 138 valence electrons. The highest BCUT2D eigenvalue weighted by Crippen LogP contribution is 2.36. The van der Waals surface area contributed by atoms with Gasteiger partial charge >= 0.3 is 0 Å². The second-order valence-electron chi connectivity index (χ2n) is 7.19. The molecule has 26 heavy (non-hydrogen) atoms. The Bertz CT molecular complexity index is 995. The molecule has 2 aromatic rings. The lowest BCUT2D eigenvalue weighted by Crippen LogP contribution is -2.48. The molecule has 2 aliphatic rings. The number of hydrogen-bond acceptors (Lipinski definition) is 4. The maximum absolute atomic E-state index is 13.1. The van der Waals surface area contributed by atoms with E-state index < -0.39 is 10.0 Å². The highest BCUT2D eigenvalue weighted by molar-refractivity contribution is 7.88. The summed E-state index contributed by atoms with van der Waals surface area (Å²) in [4.78, 5) is 13.1. The van der Waals surface area contributed by atoms with Crippen molar-refractivity contribution in [3.8, 4) is 16.9 Å². The van der Waals surface area contributed by atoms with Crippen LogP contribution in [-0.4, -0.2) is 43.7 Å². The fourth-order valence-electron chi connectivity index (χ4n) is 4.16. The Morgan fingerprint density at radius 3 is 2.42 bits per heavy atom. The zero-order chi connectivity index (χ0) is 18.5. The van der Waals surface area contributed by atoms with Crippen LogP contribution in [0.2, 0.25) is 0 Å². The Kier molecular flexibility index (Phi) is 4.16. The standard InChI is InChI=1S/C19H22N2O4S/c1-25-16-5-3-14(4-6-16)17-7-8-18-15-9-13(11-21(18)19(17)22)10-20(12-15)26(2,23)24/h3-8,13,15H,9-12H2,1-2H3/t13-,15+/m0/s1. The summed E-state index contributed by atoms with van der Waals surface area (Å²) in [6.45, 7) is 1.52. The molecule has 0 unspecified atom stereocenters. The first-order chi connectivity index (χ1) is 12.4. The molecular formula is C19H22N2O4S. The third-order valence-corrected chi connectivity index (χ3v) is 6.68. The Morgan fingerprint density at radius 1 is 1.04 bits per heavy atom. The lowest BCUT2D eigenvalue weighted by molar-refractivity contribution is 0.187. The number of benzene rings is 1. The quantitative estimate of drug-likeness (QED) is 0.823. The minimum atomic E-state index is -3.20. The van der Waals surface area contributed by atoms with Gasteiger partial charge in [0.1, 0.15) is 5.75 Å². The number of piperidine rings is 1. The van der Waals surface area contributed by atoms with Gasteiger partial charge in [-0.1, -0.05) is 12.1 Å². The Labute approximate surface area is 153 Å². The van der Waals surface area contributed by atoms with Crippen LogP contribution in [0.3, 0.4) is 0 Å². The van der Waals surface area contributed by atoms with Crippen molar-refractivity contribution in [3.05, 3.63) is 52.4 Å². The van der Waals surface area contributed by atoms with Gasteiger partial charge in [-0.15, -0.1) is 0 Å². The number of pyridine rings is 1. The first-order valence-electron chi connectivity index (χ1n) is 8.70. The van der Waals surface area contributed by atoms with Gasteiger partial charge in [-0.25, -0.2) is 12.7 Å². The van der Waals surface area contributed by atoms with Gasteiger partial charge < -0.3 is 9.30 Å². The molecule has 1 saturated heterocycles. The minimum Gasteiger partial charge on any atom is -0.497 e. The summed E-state index contributed by atoms with van der Waals surface area (Å²) in [6.07, 6.45) is 2.20. The first kappa shape index (κ1) is 17.3. The second-order valence-corrected chi connectivity index (χ2v) is 9.18. The molecule has 2 atom stereocenters. The van der Waals surface area contributed by atoms with Gasteiger partial charge in [-0.3, -0.25) is 4.79 Å². The molecule has 1 fully saturated rings. The van der Waals surface area contributed by atoms with Gasteiger partial charge in [0.25, 0.3) is 5.56 Å². The molecular weight excluding hydrogens is 352 g/mol. The van der Waals surface area contributed by atoms with Crippen molar-refractivity contribution in [1.82, 2.24) is 8.87 Å². The van der Waals surface area contributed by atoms with Crippen LogP contribution in [0.15, 0.2) is 41.2 Å². The van der Waals surface area contributed by atoms with Gasteiger partial charge in [0.05, 0.1) is 13.4 Å². The Hall–Kier alpha value is -2.12. The summed E-state index contributed by atoms with van der Waals surface area (Å²) in [5, 5.41) is 0. The molecule has 0 spiro atoms. The average molecular weight is 374 g/mol. The molecule has 0 aliphatic carbocycles. The SMILES string of the molecule is COc1ccc(-c2ccc3n(c2=O)C[C@H]2C[C@@H]3CN(S(C)(=O)=O)C2)cc1. The van der Waals surface area contributed by atoms with Crippen LogP contribution in [0.25, 0.3) is 11.1 Å². The molecule has 0 saturated carbocycles. The van der Waals surface area contributed by atoms with E-state index in [0.29, 0.717) is 25.2 Å². The number of fused-ring (bicyclic) bond motifs is 4. The van der Waals surface area contributed by atoms with Crippen molar-refractivity contribution in [2.24, 2.45) is 5.92 Å². The van der Waals surface area contributed by atoms with Gasteiger partial charge in [0, 0.05) is 36.8 Å². The summed E-state index contributed by atoms with van der Waals surface area (Å²) in [6, 6.07) is 11.3. The normalized spacial score (nSPS) is 22.7. The summed E-state index contributed by atoms with van der Waals surface area (Å²) in [5.41, 5.74) is 2.46. The van der Waals surface area contributed by atoms with Crippen molar-refractivity contribution in [2.45, 2.75) is 18.9 Å². The van der Waals surface area contributed by atoms with Crippen LogP contribution < -0.4 is 10.3 Å². The first-order valence-corrected chi connectivity index (χ1v) is 10.5. The van der Waals surface area contributed by atoms with E-state index in [9.17, 15) is 13.2 Å². The van der Waals surface area contributed by atoms with Crippen LogP contribution in [-0.2, 0) is 16.6 Å². The van der Waals surface area contributed by atoms with E-state index in [2.05, 4.69) is 0 Å². The van der Waals surface area contributed by atoms with Crippen molar-refractivity contribution in [1.29, 1.82) is 0 Å². The fourth-order valence-corrected chi connectivity index (χ4v) is 5.10. The summed E-state index contributed by atoms with van der Waals surface area (Å²) in [7, 11) is -1.59. The molecule has 1 aromatic heterocycles. The van der Waals surface area contributed by atoms with Crippen LogP contribution in [0, 0.1) is 5.92 Å². The number of rotatable bonds is 3. The minimum absolute atomic E-state index is 0.00447. The van der Waals surface area contributed by atoms with Crippen LogP contribution in [0.1, 0.15) is 18.0 Å². The van der Waals surface area contributed by atoms with Gasteiger partial charge in [0.2, 0.25) is 10.0 Å². The molecule has 1 aromatic carbocycles. The third kappa shape index (κ3) is 2.95. The monoisotopic (exact) mass is 374 g/mol. The van der Waals surface area contributed by atoms with E-state index in [1.807, 2.05) is 41.0 Å². The molecule has 0 amide bonds. The molecule has 7 heteroatoms. The Morgan fingerprint density at radius 2 is 1.77 bits per heavy atom. The molecule has 2 aliphatic heterocycles. The summed E-state index contributed by atoms with van der Waals surface area (Å²) in [5.74, 6) is 1.01. The average Bonchev–Trinajstić information content (AvgIpc) is 2.62. The zero-order valence-electron chi connectivity index (χ0n) is 14.9. The molecule has 3 heterocycles. The van der Waals surface area contributed by atoms with Gasteiger partial charge in [0.15, 0.2) is 0 Å². The highest BCUT2D eigenvalue weighted by atomic mass is 32.2. The maximum Gasteiger partial charge on any atom is 0.258 e. The predicted molar refractivity (Wildman–Crippen MR) is 100.0 cm³/mol. The Balaban J connectivity index is 1.73. The molecule has 0 N–H and O–H groups in total. The van der Waals surface area contributed by atoms with Crippen molar-refractivity contribution in [2.75, 3.05) is 26.5 Å². The van der Waals surface area contributed by atoms with Gasteiger partial charge in [-0.05, 0) is 42.2 Å². The number of nitrogens with zero attached hydrogens (tertiary/aromatic N) is 2. The number of hydrogen-bond donors (Lipinski definition) is 0. The van der Waals surface area contributed by atoms with Crippen LogP contribution in [0.5, 0.6) is 5.75 Å². The number of methoxy groups -OCH3 is 1. The lowest BCUT2D eigenvalue weighted by atomic mass is 9.84. The van der Waals surface area contributed by atoms with E-state index in [-0.39, 0.29) is 17.4 Å². The number of aromatic nitrogens is 1. The van der Waals surface area contributed by atoms with E-state index in [1.165, 1.54) is 6.26 Å². The number of ether oxygens (including phenoxy) is 1. The topological polar surface area (TPSA) is 68.6 Å². The number of sulfonamides is 1. The molecule has 2 bridgehead atoms. The van der Waals surface area contributed by atoms with E-state index >= 15 is 0 Å². The lowest BCUT2D eigenvalue weighted by Gasteiger charge is -2.41. The van der Waals surface area contributed by atoms with Gasteiger partial charge in [-0.2, -0.15) is 0 Å². The third-order valence-electron chi connectivity index (χ3n) is 5.44. The largest absolute Gasteiger partial charge is 0.497 e. The van der Waals surface area contributed by atoms with Crippen LogP contribution in [0.4, 0.5) is 0 Å². The predicted octanol–water partition coefficient (Wildman–Crippen LogP) is 1.90. The summed E-state index contributed by atoms with van der Waals surface area (Å²) < 4.78 is 32.4. The maximum atomic E-state index is 13.1. The van der Waals surface area contributed by atoms with E-state index in [1.54, 1.807) is 11.4 Å². The van der Waals surface area contributed by atoms with E-state index in [4.69, 9.17) is 4.74 Å². The van der Waals surface area contributed by atoms with Crippen molar-refractivity contribution in [3.63, 3.8) is 0 Å². The van der Waals surface area contributed by atoms with Crippen LogP contribution >= 0.6 is 0 Å². The van der Waals surface area contributed by atoms with Crippen molar-refractivity contribution >= 4 is 10.0 Å². The second kappa shape index (κ2) is 6.25. The zero-order valence-corrected chi connectivity index (χ0v) is 15.7. The highest BCUT2D eigenvalue weighted by Gasteiger charge is 2.37. The van der Waals surface area contributed by atoms with E-state index in [0.717, 1.165) is 23.4 Å². The molecule has 6 nitrogen and oxygen atoms in total. The summed E-state index contributed by atoms with van der Waals surface area (Å²) >= 11 is 0. The fraction of sp³-hybridized carbons (Fsp3) is 0.421. The smallest absolute Gasteiger partial charge is 0.258 e.